The van der Waals surface area contributed by atoms with Crippen LogP contribution >= 0.6 is 0 Å². The smallest absolute Gasteiger partial charge is 0.00958 e. The minimum Gasteiger partial charge on any atom is -0.0620 e. The number of rotatable bonds is 0. The SMILES string of the molecule is c1ccc2c(c1)C1CCC2c2cc3ccccc3cc21. The van der Waals surface area contributed by atoms with Gasteiger partial charge in [-0.15, -0.1) is 0 Å². The van der Waals surface area contributed by atoms with Crippen molar-refractivity contribution in [3.63, 3.8) is 0 Å². The predicted octanol–water partition coefficient (Wildman–Crippen LogP) is 5.21. The molecule has 3 aromatic rings. The summed E-state index contributed by atoms with van der Waals surface area (Å²) in [5, 5.41) is 2.77. The van der Waals surface area contributed by atoms with E-state index in [0.717, 1.165) is 0 Å². The summed E-state index contributed by atoms with van der Waals surface area (Å²) in [6.07, 6.45) is 2.63. The lowest BCUT2D eigenvalue weighted by atomic mass is 9.63. The third-order valence-corrected chi connectivity index (χ3v) is 5.19. The monoisotopic (exact) mass is 256 g/mol. The molecule has 0 N–H and O–H groups in total. The van der Waals surface area contributed by atoms with Gasteiger partial charge in [-0.2, -0.15) is 0 Å². The van der Waals surface area contributed by atoms with Crippen LogP contribution in [0.5, 0.6) is 0 Å². The summed E-state index contributed by atoms with van der Waals surface area (Å²) in [5.74, 6) is 1.24. The molecule has 3 aliphatic carbocycles. The number of fused-ring (bicyclic) bond motifs is 2. The molecule has 0 heterocycles. The van der Waals surface area contributed by atoms with E-state index in [1.807, 2.05) is 0 Å². The van der Waals surface area contributed by atoms with Crippen LogP contribution in [0.4, 0.5) is 0 Å². The molecule has 0 fully saturated rings. The molecule has 0 saturated heterocycles. The normalized spacial score (nSPS) is 22.6. The highest BCUT2D eigenvalue weighted by Crippen LogP contribution is 2.53. The third kappa shape index (κ3) is 1.27. The lowest BCUT2D eigenvalue weighted by molar-refractivity contribution is 0.520. The fraction of sp³-hybridized carbons (Fsp3) is 0.200. The van der Waals surface area contributed by atoms with Gasteiger partial charge in [0.15, 0.2) is 0 Å². The van der Waals surface area contributed by atoms with Gasteiger partial charge in [0.25, 0.3) is 0 Å². The lowest BCUT2D eigenvalue weighted by Crippen LogP contribution is -2.24. The molecular formula is C20H16. The molecule has 3 aliphatic rings. The topological polar surface area (TPSA) is 0 Å². The van der Waals surface area contributed by atoms with E-state index in [1.165, 1.54) is 23.6 Å². The molecule has 0 heteroatoms. The zero-order chi connectivity index (χ0) is 13.1. The summed E-state index contributed by atoms with van der Waals surface area (Å²) in [4.78, 5) is 0. The maximum absolute atomic E-state index is 2.44. The fourth-order valence-corrected chi connectivity index (χ4v) is 4.32. The first kappa shape index (κ1) is 10.7. The first-order valence-corrected chi connectivity index (χ1v) is 7.53. The van der Waals surface area contributed by atoms with E-state index in [4.69, 9.17) is 0 Å². The van der Waals surface area contributed by atoms with E-state index in [1.54, 1.807) is 22.3 Å². The Kier molecular flexibility index (Phi) is 1.99. The van der Waals surface area contributed by atoms with Crippen LogP contribution in [0, 0.1) is 0 Å². The molecular weight excluding hydrogens is 240 g/mol. The highest BCUT2D eigenvalue weighted by molar-refractivity contribution is 5.85. The molecule has 20 heavy (non-hydrogen) atoms. The number of hydrogen-bond donors (Lipinski definition) is 0. The van der Waals surface area contributed by atoms with E-state index in [9.17, 15) is 0 Å². The lowest BCUT2D eigenvalue weighted by Gasteiger charge is -2.40. The van der Waals surface area contributed by atoms with Gasteiger partial charge in [-0.1, -0.05) is 60.7 Å². The summed E-state index contributed by atoms with van der Waals surface area (Å²) in [6, 6.07) is 22.7. The Balaban J connectivity index is 1.85. The largest absolute Gasteiger partial charge is 0.0620 e. The first-order chi connectivity index (χ1) is 9.92. The zero-order valence-corrected chi connectivity index (χ0v) is 11.3. The molecule has 6 rings (SSSR count). The molecule has 0 spiro atoms. The average molecular weight is 256 g/mol. The zero-order valence-electron chi connectivity index (χ0n) is 11.3. The van der Waals surface area contributed by atoms with Crippen molar-refractivity contribution in [2.45, 2.75) is 24.7 Å². The predicted molar refractivity (Wildman–Crippen MR) is 83.3 cm³/mol. The molecule has 3 aromatic carbocycles. The fourth-order valence-electron chi connectivity index (χ4n) is 4.32. The van der Waals surface area contributed by atoms with Gasteiger partial charge in [0.1, 0.15) is 0 Å². The van der Waals surface area contributed by atoms with Crippen molar-refractivity contribution in [1.29, 1.82) is 0 Å². The van der Waals surface area contributed by atoms with Crippen LogP contribution in [0.2, 0.25) is 0 Å². The summed E-state index contributed by atoms with van der Waals surface area (Å²) in [6.45, 7) is 0. The number of hydrogen-bond acceptors (Lipinski definition) is 0. The van der Waals surface area contributed by atoms with E-state index >= 15 is 0 Å². The second kappa shape index (κ2) is 3.73. The van der Waals surface area contributed by atoms with Crippen LogP contribution in [0.1, 0.15) is 46.9 Å². The minimum absolute atomic E-state index is 0.621. The van der Waals surface area contributed by atoms with Crippen LogP contribution in [0.15, 0.2) is 60.7 Å². The van der Waals surface area contributed by atoms with Crippen LogP contribution in [0.25, 0.3) is 10.8 Å². The van der Waals surface area contributed by atoms with Crippen molar-refractivity contribution in [2.75, 3.05) is 0 Å². The highest BCUT2D eigenvalue weighted by Gasteiger charge is 2.36. The van der Waals surface area contributed by atoms with E-state index in [0.29, 0.717) is 11.8 Å². The van der Waals surface area contributed by atoms with Crippen molar-refractivity contribution in [3.8, 4) is 0 Å². The number of benzene rings is 3. The second-order valence-electron chi connectivity index (χ2n) is 6.14. The Morgan fingerprint density at radius 3 is 1.50 bits per heavy atom. The van der Waals surface area contributed by atoms with E-state index < -0.39 is 0 Å². The van der Waals surface area contributed by atoms with Gasteiger partial charge in [0.2, 0.25) is 0 Å². The van der Waals surface area contributed by atoms with Crippen molar-refractivity contribution in [2.24, 2.45) is 0 Å². The third-order valence-electron chi connectivity index (χ3n) is 5.19. The van der Waals surface area contributed by atoms with Gasteiger partial charge in [0, 0.05) is 11.8 Å². The summed E-state index contributed by atoms with van der Waals surface area (Å²) >= 11 is 0. The quantitative estimate of drug-likeness (QED) is 0.518. The van der Waals surface area contributed by atoms with Gasteiger partial charge in [0.05, 0.1) is 0 Å². The molecule has 0 aliphatic heterocycles. The Morgan fingerprint density at radius 2 is 1.00 bits per heavy atom. The second-order valence-corrected chi connectivity index (χ2v) is 6.14. The Bertz CT molecular complexity index is 759. The Morgan fingerprint density at radius 1 is 0.550 bits per heavy atom. The Hall–Kier alpha value is -2.08. The van der Waals surface area contributed by atoms with Gasteiger partial charge in [-0.25, -0.2) is 0 Å². The molecule has 2 unspecified atom stereocenters. The van der Waals surface area contributed by atoms with Gasteiger partial charge >= 0.3 is 0 Å². The molecule has 96 valence electrons. The molecule has 0 saturated carbocycles. The highest BCUT2D eigenvalue weighted by atomic mass is 14.4. The van der Waals surface area contributed by atoms with Crippen LogP contribution in [0.3, 0.4) is 0 Å². The summed E-state index contributed by atoms with van der Waals surface area (Å²) in [5.41, 5.74) is 6.32. The van der Waals surface area contributed by atoms with Crippen molar-refractivity contribution in [1.82, 2.24) is 0 Å². The molecule has 0 aromatic heterocycles. The average Bonchev–Trinajstić information content (AvgIpc) is 2.53. The van der Waals surface area contributed by atoms with E-state index in [2.05, 4.69) is 60.7 Å². The van der Waals surface area contributed by atoms with Gasteiger partial charge in [-0.05, 0) is 45.9 Å². The van der Waals surface area contributed by atoms with Crippen molar-refractivity contribution < 1.29 is 0 Å². The standard InChI is InChI=1S/C20H16/c1-2-6-14-12-20-18-10-9-17(19(20)11-13(14)5-1)15-7-3-4-8-16(15)18/h1-8,11-12,17-18H,9-10H2. The van der Waals surface area contributed by atoms with Gasteiger partial charge < -0.3 is 0 Å². The molecule has 2 atom stereocenters. The molecule has 2 bridgehead atoms. The molecule has 0 nitrogen and oxygen atoms in total. The summed E-state index contributed by atoms with van der Waals surface area (Å²) in [7, 11) is 0. The molecule has 0 radical (unpaired) electrons. The summed E-state index contributed by atoms with van der Waals surface area (Å²) < 4.78 is 0. The first-order valence-electron chi connectivity index (χ1n) is 7.53. The molecule has 0 amide bonds. The van der Waals surface area contributed by atoms with Crippen molar-refractivity contribution >= 4 is 10.8 Å². The van der Waals surface area contributed by atoms with Gasteiger partial charge in [-0.3, -0.25) is 0 Å². The van der Waals surface area contributed by atoms with Crippen LogP contribution < -0.4 is 0 Å². The van der Waals surface area contributed by atoms with Crippen molar-refractivity contribution in [3.05, 3.63) is 82.9 Å². The Labute approximate surface area is 119 Å². The maximum Gasteiger partial charge on any atom is 0.00958 e. The van der Waals surface area contributed by atoms with Crippen LogP contribution in [-0.4, -0.2) is 0 Å². The van der Waals surface area contributed by atoms with Crippen LogP contribution in [-0.2, 0) is 0 Å². The van der Waals surface area contributed by atoms with E-state index in [-0.39, 0.29) is 0 Å². The maximum atomic E-state index is 2.44. The minimum atomic E-state index is 0.621.